The van der Waals surface area contributed by atoms with Crippen molar-refractivity contribution >= 4 is 0 Å². The predicted octanol–water partition coefficient (Wildman–Crippen LogP) is 3.18. The number of hydrogen-bond acceptors (Lipinski definition) is 0. The van der Waals surface area contributed by atoms with Crippen molar-refractivity contribution in [2.75, 3.05) is 0 Å². The minimum absolute atomic E-state index is 0.0264. The fourth-order valence-corrected chi connectivity index (χ4v) is 0.689. The molecule has 79 valence electrons. The van der Waals surface area contributed by atoms with E-state index in [-0.39, 0.29) is 6.92 Å². The monoisotopic (exact) mass is 207 g/mol. The van der Waals surface area contributed by atoms with Crippen LogP contribution in [-0.2, 0) is 0 Å². The Hall–Kier alpha value is -0.420. The standard InChI is InChI=1S/C7H9F6/c1-3-4(8)7(12,13)5(9)6(2,10)11/h4-5H,1,3H2,2H3/t4?,5-/m0/s1. The molecular formula is C7H9F6. The Bertz CT molecular complexity index is 161. The van der Waals surface area contributed by atoms with E-state index in [0.29, 0.717) is 0 Å². The first-order valence-corrected chi connectivity index (χ1v) is 3.47. The topological polar surface area (TPSA) is 0 Å². The van der Waals surface area contributed by atoms with Gasteiger partial charge in [0.1, 0.15) is 0 Å². The Morgan fingerprint density at radius 1 is 1.15 bits per heavy atom. The Kier molecular flexibility index (Phi) is 3.63. The second-order valence-corrected chi connectivity index (χ2v) is 2.75. The minimum Gasteiger partial charge on any atom is -0.241 e. The molecule has 0 aromatic heterocycles. The van der Waals surface area contributed by atoms with Crippen LogP contribution in [0.5, 0.6) is 0 Å². The van der Waals surface area contributed by atoms with Crippen LogP contribution in [0.4, 0.5) is 26.3 Å². The molecule has 0 aliphatic carbocycles. The molecule has 0 spiro atoms. The summed E-state index contributed by atoms with van der Waals surface area (Å²) in [7, 11) is 0. The lowest BCUT2D eigenvalue weighted by Crippen LogP contribution is -2.48. The molecule has 1 unspecified atom stereocenters. The first-order valence-electron chi connectivity index (χ1n) is 3.47. The summed E-state index contributed by atoms with van der Waals surface area (Å²) in [6.07, 6.45) is -7.77. The van der Waals surface area contributed by atoms with Crippen LogP contribution in [-0.4, -0.2) is 24.2 Å². The van der Waals surface area contributed by atoms with Crippen LogP contribution in [0.2, 0.25) is 0 Å². The van der Waals surface area contributed by atoms with Gasteiger partial charge in [-0.3, -0.25) is 0 Å². The van der Waals surface area contributed by atoms with Gasteiger partial charge in [-0.25, -0.2) is 17.6 Å². The van der Waals surface area contributed by atoms with E-state index in [1.54, 1.807) is 0 Å². The molecule has 0 bridgehead atoms. The van der Waals surface area contributed by atoms with Crippen LogP contribution in [0.1, 0.15) is 13.3 Å². The van der Waals surface area contributed by atoms with Crippen molar-refractivity contribution in [2.45, 2.75) is 37.5 Å². The number of halogens is 6. The van der Waals surface area contributed by atoms with E-state index in [0.717, 1.165) is 0 Å². The highest BCUT2D eigenvalue weighted by molar-refractivity contribution is 4.91. The summed E-state index contributed by atoms with van der Waals surface area (Å²) in [4.78, 5) is 0. The summed E-state index contributed by atoms with van der Waals surface area (Å²) in [6.45, 7) is 2.72. The van der Waals surface area contributed by atoms with E-state index >= 15 is 0 Å². The first-order chi connectivity index (χ1) is 5.64. The van der Waals surface area contributed by atoms with Crippen molar-refractivity contribution < 1.29 is 26.3 Å². The van der Waals surface area contributed by atoms with Crippen LogP contribution < -0.4 is 0 Å². The third-order valence-corrected chi connectivity index (χ3v) is 1.45. The lowest BCUT2D eigenvalue weighted by atomic mass is 10.0. The van der Waals surface area contributed by atoms with Gasteiger partial charge in [-0.1, -0.05) is 6.92 Å². The number of alkyl halides is 6. The lowest BCUT2D eigenvalue weighted by Gasteiger charge is -2.26. The van der Waals surface area contributed by atoms with Gasteiger partial charge in [0.2, 0.25) is 6.17 Å². The minimum atomic E-state index is -4.69. The van der Waals surface area contributed by atoms with Crippen molar-refractivity contribution in [3.8, 4) is 0 Å². The molecule has 2 atom stereocenters. The number of hydrogen-bond donors (Lipinski definition) is 0. The average Bonchev–Trinajstić information content (AvgIpc) is 1.99. The summed E-state index contributed by atoms with van der Waals surface area (Å²) in [5.74, 6) is -8.96. The van der Waals surface area contributed by atoms with Crippen LogP contribution in [0.25, 0.3) is 0 Å². The Morgan fingerprint density at radius 3 is 1.77 bits per heavy atom. The van der Waals surface area contributed by atoms with Crippen molar-refractivity contribution in [2.24, 2.45) is 0 Å². The Balaban J connectivity index is 4.63. The summed E-state index contributed by atoms with van der Waals surface area (Å²) < 4.78 is 73.7. The summed E-state index contributed by atoms with van der Waals surface area (Å²) in [6, 6.07) is 0. The molecule has 0 heterocycles. The molecule has 0 aromatic rings. The van der Waals surface area contributed by atoms with Gasteiger partial charge in [0, 0.05) is 6.92 Å². The van der Waals surface area contributed by atoms with Crippen molar-refractivity contribution in [1.29, 1.82) is 0 Å². The molecule has 0 aliphatic heterocycles. The first kappa shape index (κ1) is 12.6. The molecule has 0 amide bonds. The highest BCUT2D eigenvalue weighted by Gasteiger charge is 2.57. The zero-order valence-corrected chi connectivity index (χ0v) is 6.84. The molecule has 0 saturated carbocycles. The SMILES string of the molecule is [CH2]CC(F)C(F)(F)[C@@H](F)C(C)(F)F. The van der Waals surface area contributed by atoms with Crippen molar-refractivity contribution in [1.82, 2.24) is 0 Å². The van der Waals surface area contributed by atoms with E-state index in [1.165, 1.54) is 0 Å². The highest BCUT2D eigenvalue weighted by atomic mass is 19.3. The summed E-state index contributed by atoms with van der Waals surface area (Å²) in [5, 5.41) is 0. The molecular weight excluding hydrogens is 198 g/mol. The fraction of sp³-hybridized carbons (Fsp3) is 0.857. The molecule has 0 nitrogen and oxygen atoms in total. The van der Waals surface area contributed by atoms with E-state index < -0.39 is 30.6 Å². The normalized spacial score (nSPS) is 18.5. The van der Waals surface area contributed by atoms with E-state index in [9.17, 15) is 26.3 Å². The smallest absolute Gasteiger partial charge is 0.241 e. The molecule has 1 radical (unpaired) electrons. The van der Waals surface area contributed by atoms with E-state index in [2.05, 4.69) is 6.92 Å². The van der Waals surface area contributed by atoms with Gasteiger partial charge in [-0.05, 0) is 6.42 Å². The molecule has 0 aliphatic rings. The molecule has 0 rings (SSSR count). The predicted molar refractivity (Wildman–Crippen MR) is 35.3 cm³/mol. The van der Waals surface area contributed by atoms with Gasteiger partial charge in [0.15, 0.2) is 6.17 Å². The van der Waals surface area contributed by atoms with Gasteiger partial charge in [0.25, 0.3) is 5.92 Å². The average molecular weight is 207 g/mol. The fourth-order valence-electron chi connectivity index (χ4n) is 0.689. The summed E-state index contributed by atoms with van der Waals surface area (Å²) >= 11 is 0. The van der Waals surface area contributed by atoms with Crippen molar-refractivity contribution in [3.05, 3.63) is 6.92 Å². The third kappa shape index (κ3) is 2.77. The summed E-state index contributed by atoms with van der Waals surface area (Å²) in [5.41, 5.74) is 0. The van der Waals surface area contributed by atoms with Gasteiger partial charge in [-0.2, -0.15) is 8.78 Å². The quantitative estimate of drug-likeness (QED) is 0.621. The van der Waals surface area contributed by atoms with Crippen LogP contribution >= 0.6 is 0 Å². The highest BCUT2D eigenvalue weighted by Crippen LogP contribution is 2.37. The maximum atomic E-state index is 12.4. The van der Waals surface area contributed by atoms with E-state index in [1.807, 2.05) is 0 Å². The largest absolute Gasteiger partial charge is 0.315 e. The second-order valence-electron chi connectivity index (χ2n) is 2.75. The lowest BCUT2D eigenvalue weighted by molar-refractivity contribution is -0.199. The van der Waals surface area contributed by atoms with Gasteiger partial charge < -0.3 is 0 Å². The van der Waals surface area contributed by atoms with Crippen LogP contribution in [0.3, 0.4) is 0 Å². The van der Waals surface area contributed by atoms with Gasteiger partial charge >= 0.3 is 5.92 Å². The molecule has 0 N–H and O–H groups in total. The zero-order valence-electron chi connectivity index (χ0n) is 6.84. The maximum Gasteiger partial charge on any atom is 0.315 e. The molecule has 6 heteroatoms. The molecule has 0 fully saturated rings. The van der Waals surface area contributed by atoms with Gasteiger partial charge in [-0.15, -0.1) is 0 Å². The van der Waals surface area contributed by atoms with Crippen LogP contribution in [0.15, 0.2) is 0 Å². The second kappa shape index (κ2) is 3.75. The third-order valence-electron chi connectivity index (χ3n) is 1.45. The molecule has 13 heavy (non-hydrogen) atoms. The van der Waals surface area contributed by atoms with Gasteiger partial charge in [0.05, 0.1) is 0 Å². The Morgan fingerprint density at radius 2 is 1.54 bits per heavy atom. The zero-order chi connectivity index (χ0) is 10.9. The van der Waals surface area contributed by atoms with Crippen molar-refractivity contribution in [3.63, 3.8) is 0 Å². The number of rotatable bonds is 4. The van der Waals surface area contributed by atoms with Crippen LogP contribution in [0, 0.1) is 6.92 Å². The molecule has 0 aromatic carbocycles. The maximum absolute atomic E-state index is 12.4. The molecule has 0 saturated heterocycles. The Labute approximate surface area is 71.9 Å². The van der Waals surface area contributed by atoms with E-state index in [4.69, 9.17) is 0 Å².